The molecule has 1 aliphatic rings. The minimum atomic E-state index is 0.145. The van der Waals surface area contributed by atoms with Gasteiger partial charge in [-0.1, -0.05) is 40.2 Å². The average Bonchev–Trinajstić information content (AvgIpc) is 2.55. The van der Waals surface area contributed by atoms with Crippen molar-refractivity contribution in [2.24, 2.45) is 0 Å². The van der Waals surface area contributed by atoms with E-state index in [1.807, 2.05) is 48.2 Å². The van der Waals surface area contributed by atoms with E-state index in [0.29, 0.717) is 0 Å². The van der Waals surface area contributed by atoms with Crippen LogP contribution in [0.15, 0.2) is 53.0 Å². The lowest BCUT2D eigenvalue weighted by molar-refractivity contribution is 0.0746. The van der Waals surface area contributed by atoms with Crippen molar-refractivity contribution in [1.82, 2.24) is 4.90 Å². The van der Waals surface area contributed by atoms with Gasteiger partial charge in [-0.3, -0.25) is 4.79 Å². The van der Waals surface area contributed by atoms with Gasteiger partial charge in [-0.25, -0.2) is 0 Å². The first-order chi connectivity index (χ1) is 10.6. The minimum absolute atomic E-state index is 0.145. The Balaban J connectivity index is 1.67. The third-order valence-corrected chi connectivity index (χ3v) is 4.61. The minimum Gasteiger partial charge on any atom is -0.368 e. The summed E-state index contributed by atoms with van der Waals surface area (Å²) in [6.07, 6.45) is 0. The lowest BCUT2D eigenvalue weighted by atomic mass is 10.1. The van der Waals surface area contributed by atoms with Gasteiger partial charge in [0.1, 0.15) is 0 Å². The summed E-state index contributed by atoms with van der Waals surface area (Å²) < 4.78 is 1.09. The number of carbonyl (C=O) groups excluding carboxylic acids is 1. The van der Waals surface area contributed by atoms with Crippen molar-refractivity contribution in [1.29, 1.82) is 0 Å². The van der Waals surface area contributed by atoms with Crippen LogP contribution in [0.5, 0.6) is 0 Å². The molecule has 0 saturated carbocycles. The summed E-state index contributed by atoms with van der Waals surface area (Å²) in [7, 11) is 0. The van der Waals surface area contributed by atoms with E-state index in [4.69, 9.17) is 0 Å². The molecule has 3 rings (SSSR count). The summed E-state index contributed by atoms with van der Waals surface area (Å²) >= 11 is 3.51. The van der Waals surface area contributed by atoms with Gasteiger partial charge in [-0.2, -0.15) is 0 Å². The molecule has 1 aliphatic heterocycles. The van der Waals surface area contributed by atoms with Gasteiger partial charge in [0.25, 0.3) is 5.91 Å². The Bertz CT molecular complexity index is 678. The van der Waals surface area contributed by atoms with E-state index >= 15 is 0 Å². The van der Waals surface area contributed by atoms with Gasteiger partial charge in [0.15, 0.2) is 0 Å². The molecule has 1 heterocycles. The molecule has 0 bridgehead atoms. The molecule has 3 nitrogen and oxygen atoms in total. The molecule has 0 aliphatic carbocycles. The second-order valence-electron chi connectivity index (χ2n) is 5.57. The smallest absolute Gasteiger partial charge is 0.254 e. The number of hydrogen-bond donors (Lipinski definition) is 0. The first-order valence-corrected chi connectivity index (χ1v) is 8.30. The van der Waals surface area contributed by atoms with Crippen LogP contribution in [-0.4, -0.2) is 37.0 Å². The average molecular weight is 359 g/mol. The second-order valence-corrected chi connectivity index (χ2v) is 6.49. The van der Waals surface area contributed by atoms with Crippen LogP contribution >= 0.6 is 15.9 Å². The molecule has 4 heteroatoms. The number of hydrogen-bond acceptors (Lipinski definition) is 2. The molecule has 2 aromatic rings. The van der Waals surface area contributed by atoms with Crippen molar-refractivity contribution in [2.75, 3.05) is 31.1 Å². The number of benzene rings is 2. The standard InChI is InChI=1S/C18H19BrN2O/c1-14-5-2-3-8-17(14)18(22)21-11-9-20(10-12-21)16-7-4-6-15(19)13-16/h2-8,13H,9-12H2,1H3. The summed E-state index contributed by atoms with van der Waals surface area (Å²) in [5, 5.41) is 0. The van der Waals surface area contributed by atoms with Gasteiger partial charge in [0.2, 0.25) is 0 Å². The van der Waals surface area contributed by atoms with Crippen LogP contribution in [0.1, 0.15) is 15.9 Å². The lowest BCUT2D eigenvalue weighted by Crippen LogP contribution is -2.48. The highest BCUT2D eigenvalue weighted by Gasteiger charge is 2.23. The lowest BCUT2D eigenvalue weighted by Gasteiger charge is -2.36. The van der Waals surface area contributed by atoms with E-state index in [1.54, 1.807) is 0 Å². The fourth-order valence-electron chi connectivity index (χ4n) is 2.82. The topological polar surface area (TPSA) is 23.6 Å². The largest absolute Gasteiger partial charge is 0.368 e. The third-order valence-electron chi connectivity index (χ3n) is 4.12. The molecule has 1 fully saturated rings. The fourth-order valence-corrected chi connectivity index (χ4v) is 3.21. The summed E-state index contributed by atoms with van der Waals surface area (Å²) in [5.41, 5.74) is 3.07. The van der Waals surface area contributed by atoms with E-state index in [0.717, 1.165) is 41.8 Å². The summed E-state index contributed by atoms with van der Waals surface area (Å²) in [6, 6.07) is 16.1. The maximum absolute atomic E-state index is 12.6. The molecule has 0 spiro atoms. The predicted octanol–water partition coefficient (Wildman–Crippen LogP) is 3.72. The third kappa shape index (κ3) is 3.17. The van der Waals surface area contributed by atoms with Crippen LogP contribution in [0.4, 0.5) is 5.69 Å². The van der Waals surface area contributed by atoms with Gasteiger partial charge in [-0.05, 0) is 36.8 Å². The second kappa shape index (κ2) is 6.53. The van der Waals surface area contributed by atoms with Gasteiger partial charge in [0.05, 0.1) is 0 Å². The Labute approximate surface area is 139 Å². The highest BCUT2D eigenvalue weighted by Crippen LogP contribution is 2.22. The first-order valence-electron chi connectivity index (χ1n) is 7.50. The number of rotatable bonds is 2. The van der Waals surface area contributed by atoms with Crippen molar-refractivity contribution >= 4 is 27.5 Å². The van der Waals surface area contributed by atoms with Gasteiger partial charge in [-0.15, -0.1) is 0 Å². The van der Waals surface area contributed by atoms with E-state index < -0.39 is 0 Å². The summed E-state index contributed by atoms with van der Waals surface area (Å²) in [5.74, 6) is 0.145. The number of amides is 1. The number of halogens is 1. The van der Waals surface area contributed by atoms with E-state index in [-0.39, 0.29) is 5.91 Å². The molecule has 2 aromatic carbocycles. The van der Waals surface area contributed by atoms with E-state index in [2.05, 4.69) is 33.0 Å². The summed E-state index contributed by atoms with van der Waals surface area (Å²) in [6.45, 7) is 5.26. The molecule has 0 aromatic heterocycles. The van der Waals surface area contributed by atoms with Crippen LogP contribution in [0, 0.1) is 6.92 Å². The Morgan fingerprint density at radius 3 is 2.41 bits per heavy atom. The van der Waals surface area contributed by atoms with E-state index in [9.17, 15) is 4.79 Å². The molecule has 0 radical (unpaired) electrons. The van der Waals surface area contributed by atoms with Crippen LogP contribution < -0.4 is 4.90 Å². The molecule has 22 heavy (non-hydrogen) atoms. The fraction of sp³-hybridized carbons (Fsp3) is 0.278. The quantitative estimate of drug-likeness (QED) is 0.816. The van der Waals surface area contributed by atoms with E-state index in [1.165, 1.54) is 5.69 Å². The molecule has 0 unspecified atom stereocenters. The molecular formula is C18H19BrN2O. The summed E-state index contributed by atoms with van der Waals surface area (Å²) in [4.78, 5) is 16.9. The van der Waals surface area contributed by atoms with Gasteiger partial charge in [0, 0.05) is 41.9 Å². The number of aryl methyl sites for hydroxylation is 1. The van der Waals surface area contributed by atoms with Crippen LogP contribution in [-0.2, 0) is 0 Å². The van der Waals surface area contributed by atoms with Crippen LogP contribution in [0.25, 0.3) is 0 Å². The zero-order chi connectivity index (χ0) is 15.5. The van der Waals surface area contributed by atoms with Gasteiger partial charge < -0.3 is 9.80 Å². The monoisotopic (exact) mass is 358 g/mol. The highest BCUT2D eigenvalue weighted by atomic mass is 79.9. The maximum atomic E-state index is 12.6. The first kappa shape index (κ1) is 15.1. The van der Waals surface area contributed by atoms with Crippen LogP contribution in [0.2, 0.25) is 0 Å². The molecule has 1 amide bonds. The van der Waals surface area contributed by atoms with Crippen molar-refractivity contribution < 1.29 is 4.79 Å². The molecule has 1 saturated heterocycles. The number of anilines is 1. The SMILES string of the molecule is Cc1ccccc1C(=O)N1CCN(c2cccc(Br)c2)CC1. The van der Waals surface area contributed by atoms with Crippen LogP contribution in [0.3, 0.4) is 0 Å². The Hall–Kier alpha value is -1.81. The zero-order valence-electron chi connectivity index (χ0n) is 12.6. The highest BCUT2D eigenvalue weighted by molar-refractivity contribution is 9.10. The van der Waals surface area contributed by atoms with Crippen molar-refractivity contribution in [3.63, 3.8) is 0 Å². The molecule has 114 valence electrons. The number of nitrogens with zero attached hydrogens (tertiary/aromatic N) is 2. The predicted molar refractivity (Wildman–Crippen MR) is 93.4 cm³/mol. The van der Waals surface area contributed by atoms with Crippen molar-refractivity contribution in [3.05, 3.63) is 64.1 Å². The molecule has 0 atom stereocenters. The zero-order valence-corrected chi connectivity index (χ0v) is 14.2. The van der Waals surface area contributed by atoms with Gasteiger partial charge >= 0.3 is 0 Å². The normalized spacial score (nSPS) is 15.0. The van der Waals surface area contributed by atoms with Crippen molar-refractivity contribution in [2.45, 2.75) is 6.92 Å². The Morgan fingerprint density at radius 2 is 1.73 bits per heavy atom. The molecular weight excluding hydrogens is 340 g/mol. The number of carbonyl (C=O) groups is 1. The Kier molecular flexibility index (Phi) is 4.48. The maximum Gasteiger partial charge on any atom is 0.254 e. The van der Waals surface area contributed by atoms with Crippen molar-refractivity contribution in [3.8, 4) is 0 Å². The number of piperazine rings is 1. The Morgan fingerprint density at radius 1 is 1.00 bits per heavy atom. The molecule has 0 N–H and O–H groups in total.